The van der Waals surface area contributed by atoms with E-state index in [1.54, 1.807) is 20.8 Å². The van der Waals surface area contributed by atoms with Crippen LogP contribution >= 0.6 is 0 Å². The molecular formula is C36H68N8O5. The van der Waals surface area contributed by atoms with Gasteiger partial charge in [-0.05, 0) is 71.9 Å². The van der Waals surface area contributed by atoms with E-state index in [1.165, 1.54) is 64.2 Å². The fourth-order valence-electron chi connectivity index (χ4n) is 5.61. The highest BCUT2D eigenvalue weighted by Crippen LogP contribution is 2.18. The first-order valence-corrected chi connectivity index (χ1v) is 19.0. The van der Waals surface area contributed by atoms with Crippen LogP contribution in [0.25, 0.3) is 0 Å². The van der Waals surface area contributed by atoms with Gasteiger partial charge in [-0.15, -0.1) is 10.2 Å². The van der Waals surface area contributed by atoms with Gasteiger partial charge in [-0.3, -0.25) is 19.2 Å². The largest absolute Gasteiger partial charge is 0.423 e. The third-order valence-corrected chi connectivity index (χ3v) is 8.71. The predicted molar refractivity (Wildman–Crippen MR) is 193 cm³/mol. The summed E-state index contributed by atoms with van der Waals surface area (Å²) in [6.07, 6.45) is 20.2. The molecule has 13 nitrogen and oxygen atoms in total. The number of amides is 4. The normalized spacial score (nSPS) is 13.7. The molecule has 0 aliphatic rings. The molecule has 0 radical (unpaired) electrons. The monoisotopic (exact) mass is 693 g/mol. The molecule has 0 aliphatic carbocycles. The van der Waals surface area contributed by atoms with Crippen LogP contribution < -0.4 is 32.7 Å². The highest BCUT2D eigenvalue weighted by atomic mass is 16.4. The molecular weight excluding hydrogens is 624 g/mol. The molecule has 0 bridgehead atoms. The molecule has 8 N–H and O–H groups in total. The molecule has 0 aromatic carbocycles. The van der Waals surface area contributed by atoms with Crippen molar-refractivity contribution in [2.45, 2.75) is 180 Å². The van der Waals surface area contributed by atoms with E-state index in [9.17, 15) is 19.2 Å². The highest BCUT2D eigenvalue weighted by molar-refractivity contribution is 5.93. The molecule has 4 atom stereocenters. The van der Waals surface area contributed by atoms with Gasteiger partial charge in [0.05, 0.1) is 0 Å². The minimum atomic E-state index is -0.934. The highest BCUT2D eigenvalue weighted by Gasteiger charge is 2.27. The van der Waals surface area contributed by atoms with Gasteiger partial charge in [-0.1, -0.05) is 84.0 Å². The zero-order chi connectivity index (χ0) is 36.3. The van der Waals surface area contributed by atoms with E-state index in [0.717, 1.165) is 38.5 Å². The van der Waals surface area contributed by atoms with Crippen molar-refractivity contribution >= 4 is 23.6 Å². The third-order valence-electron chi connectivity index (χ3n) is 8.71. The lowest BCUT2D eigenvalue weighted by atomic mass is 10.0. The lowest BCUT2D eigenvalue weighted by molar-refractivity contribution is -0.133. The maximum Gasteiger partial charge on any atom is 0.243 e. The van der Waals surface area contributed by atoms with E-state index in [1.807, 2.05) is 0 Å². The van der Waals surface area contributed by atoms with E-state index >= 15 is 0 Å². The summed E-state index contributed by atoms with van der Waals surface area (Å²) in [5.41, 5.74) is 11.3. The fraction of sp³-hybridized carbons (Fsp3) is 0.833. The Hall–Kier alpha value is -3.06. The maximum absolute atomic E-state index is 13.2. The molecule has 1 aromatic heterocycles. The minimum absolute atomic E-state index is 0.171. The number of carbonyl (C=O) groups is 4. The fourth-order valence-corrected chi connectivity index (χ4v) is 5.61. The van der Waals surface area contributed by atoms with Crippen molar-refractivity contribution in [2.75, 3.05) is 13.1 Å². The molecule has 49 heavy (non-hydrogen) atoms. The number of nitrogens with one attached hydrogen (secondary N) is 4. The van der Waals surface area contributed by atoms with E-state index in [2.05, 4.69) is 38.4 Å². The number of unbranched alkanes of at least 4 members (excludes halogenated alkanes) is 14. The molecule has 1 aromatic rings. The molecule has 0 fully saturated rings. The van der Waals surface area contributed by atoms with Gasteiger partial charge in [0.1, 0.15) is 24.2 Å². The summed E-state index contributed by atoms with van der Waals surface area (Å²) in [6.45, 7) is 8.03. The number of hydrogen-bond donors (Lipinski definition) is 6. The average molecular weight is 693 g/mol. The van der Waals surface area contributed by atoms with Gasteiger partial charge in [-0.2, -0.15) is 0 Å². The van der Waals surface area contributed by atoms with E-state index in [4.69, 9.17) is 15.9 Å². The van der Waals surface area contributed by atoms with Crippen LogP contribution in [0.2, 0.25) is 0 Å². The number of hydrogen-bond acceptors (Lipinski definition) is 9. The van der Waals surface area contributed by atoms with Gasteiger partial charge in [0.25, 0.3) is 0 Å². The number of carbonyl (C=O) groups excluding carboxylic acids is 4. The zero-order valence-corrected chi connectivity index (χ0v) is 31.0. The van der Waals surface area contributed by atoms with Crippen LogP contribution in [0.1, 0.15) is 167 Å². The maximum atomic E-state index is 13.2. The molecule has 4 amide bonds. The summed E-state index contributed by atoms with van der Waals surface area (Å²) in [7, 11) is 0. The second-order valence-electron chi connectivity index (χ2n) is 13.4. The van der Waals surface area contributed by atoms with Crippen LogP contribution in [0.15, 0.2) is 4.42 Å². The SMILES string of the molecule is CCCCCCCCCCCCCCCC(=O)N[C@@H](CCCCN)C(=O)N[C@@H](C)C(=O)N[C@@H](C)C(=O)N[C@@H](CCCCN)c1nnc(C)o1. The van der Waals surface area contributed by atoms with Crippen molar-refractivity contribution in [1.82, 2.24) is 31.5 Å². The first-order valence-electron chi connectivity index (χ1n) is 19.0. The zero-order valence-electron chi connectivity index (χ0n) is 31.0. The van der Waals surface area contributed by atoms with Gasteiger partial charge >= 0.3 is 0 Å². The molecule has 0 spiro atoms. The quantitative estimate of drug-likeness (QED) is 0.0613. The van der Waals surface area contributed by atoms with E-state index in [-0.39, 0.29) is 5.91 Å². The lowest BCUT2D eigenvalue weighted by Gasteiger charge is -2.23. The van der Waals surface area contributed by atoms with E-state index < -0.39 is 41.9 Å². The summed E-state index contributed by atoms with van der Waals surface area (Å²) in [6, 6.07) is -3.12. The first kappa shape index (κ1) is 44.0. The van der Waals surface area contributed by atoms with Crippen molar-refractivity contribution in [3.05, 3.63) is 11.8 Å². The third kappa shape index (κ3) is 20.9. The van der Waals surface area contributed by atoms with Crippen LogP contribution in [-0.4, -0.2) is 65.0 Å². The number of rotatable bonds is 30. The number of aromatic nitrogens is 2. The van der Waals surface area contributed by atoms with Crippen molar-refractivity contribution in [1.29, 1.82) is 0 Å². The molecule has 0 aliphatic heterocycles. The summed E-state index contributed by atoms with van der Waals surface area (Å²) < 4.78 is 5.53. The molecule has 0 saturated carbocycles. The number of nitrogens with two attached hydrogens (primary N) is 2. The van der Waals surface area contributed by atoms with Crippen molar-refractivity contribution in [2.24, 2.45) is 11.5 Å². The second-order valence-corrected chi connectivity index (χ2v) is 13.4. The van der Waals surface area contributed by atoms with Gasteiger partial charge in [0.15, 0.2) is 0 Å². The molecule has 1 heterocycles. The Bertz CT molecular complexity index is 1050. The first-order chi connectivity index (χ1) is 23.6. The van der Waals surface area contributed by atoms with Gasteiger partial charge < -0.3 is 37.2 Å². The Morgan fingerprint density at radius 3 is 1.61 bits per heavy atom. The Labute approximate surface area is 295 Å². The summed E-state index contributed by atoms with van der Waals surface area (Å²) in [5, 5.41) is 19.0. The molecule has 1 rings (SSSR count). The molecule has 0 saturated heterocycles. The minimum Gasteiger partial charge on any atom is -0.423 e. The van der Waals surface area contributed by atoms with Crippen LogP contribution in [0, 0.1) is 6.92 Å². The Kier molecular flexibility index (Phi) is 24.9. The van der Waals surface area contributed by atoms with Crippen molar-refractivity contribution in [3.63, 3.8) is 0 Å². The molecule has 0 unspecified atom stereocenters. The molecule has 13 heteroatoms. The second kappa shape index (κ2) is 27.7. The summed E-state index contributed by atoms with van der Waals surface area (Å²) in [4.78, 5) is 51.8. The molecule has 282 valence electrons. The standard InChI is InChI=1S/C36H68N8O5/c1-5-6-7-8-9-10-11-12-13-14-15-16-17-24-32(45)41-30(22-18-20-25-37)35(48)40-27(2)33(46)39-28(3)34(47)42-31(23-19-21-26-38)36-44-43-29(4)49-36/h27-28,30-31H,5-26,37-38H2,1-4H3,(H,39,46)(H,40,48)(H,41,45)(H,42,47)/t27-,28-,30-,31-/m0/s1. The van der Waals surface area contributed by atoms with Gasteiger partial charge in [0.2, 0.25) is 35.4 Å². The van der Waals surface area contributed by atoms with Gasteiger partial charge in [0, 0.05) is 13.3 Å². The van der Waals surface area contributed by atoms with Crippen LogP contribution in [0.5, 0.6) is 0 Å². The van der Waals surface area contributed by atoms with E-state index in [0.29, 0.717) is 50.6 Å². The van der Waals surface area contributed by atoms with Crippen molar-refractivity contribution in [3.8, 4) is 0 Å². The van der Waals surface area contributed by atoms with Crippen LogP contribution in [0.4, 0.5) is 0 Å². The topological polar surface area (TPSA) is 207 Å². The number of aryl methyl sites for hydroxylation is 1. The predicted octanol–water partition coefficient (Wildman–Crippen LogP) is 4.77. The Balaban J connectivity index is 2.48. The summed E-state index contributed by atoms with van der Waals surface area (Å²) >= 11 is 0. The summed E-state index contributed by atoms with van der Waals surface area (Å²) in [5.74, 6) is -0.892. The Morgan fingerprint density at radius 2 is 1.10 bits per heavy atom. The number of nitrogens with zero attached hydrogens (tertiary/aromatic N) is 2. The van der Waals surface area contributed by atoms with Crippen LogP contribution in [0.3, 0.4) is 0 Å². The van der Waals surface area contributed by atoms with Crippen molar-refractivity contribution < 1.29 is 23.6 Å². The smallest absolute Gasteiger partial charge is 0.243 e. The Morgan fingerprint density at radius 1 is 0.612 bits per heavy atom. The van der Waals surface area contributed by atoms with Gasteiger partial charge in [-0.25, -0.2) is 0 Å². The average Bonchev–Trinajstić information content (AvgIpc) is 3.51. The van der Waals surface area contributed by atoms with Crippen LogP contribution in [-0.2, 0) is 19.2 Å². The lowest BCUT2D eigenvalue weighted by Crippen LogP contribution is -2.55.